The Morgan fingerprint density at radius 1 is 1.07 bits per heavy atom. The predicted molar refractivity (Wildman–Crippen MR) is 111 cm³/mol. The molecule has 2 aromatic carbocycles. The van der Waals surface area contributed by atoms with Gasteiger partial charge in [0.2, 0.25) is 6.79 Å². The number of aryl methyl sites for hydroxylation is 2. The third kappa shape index (κ3) is 3.99. The van der Waals surface area contributed by atoms with E-state index in [0.29, 0.717) is 41.1 Å². The molecule has 1 aromatic heterocycles. The fourth-order valence-corrected chi connectivity index (χ4v) is 3.25. The minimum Gasteiger partial charge on any atom is -0.454 e. The second kappa shape index (κ2) is 7.79. The molecule has 0 aliphatic carbocycles. The van der Waals surface area contributed by atoms with Crippen LogP contribution in [-0.4, -0.2) is 29.2 Å². The van der Waals surface area contributed by atoms with Gasteiger partial charge >= 0.3 is 0 Å². The van der Waals surface area contributed by atoms with Gasteiger partial charge in [-0.3, -0.25) is 4.79 Å². The Balaban J connectivity index is 1.61. The van der Waals surface area contributed by atoms with Crippen molar-refractivity contribution in [1.29, 1.82) is 0 Å². The number of fused-ring (bicyclic) bond motifs is 1. The lowest BCUT2D eigenvalue weighted by molar-refractivity contribution is 0.102. The molecule has 0 radical (unpaired) electrons. The van der Waals surface area contributed by atoms with Crippen LogP contribution in [0.3, 0.4) is 0 Å². The Morgan fingerprint density at radius 3 is 2.69 bits per heavy atom. The molecule has 0 unspecified atom stereocenters. The Hall–Kier alpha value is -3.61. The average molecular weight is 390 g/mol. The van der Waals surface area contributed by atoms with Crippen LogP contribution in [0.5, 0.6) is 11.5 Å². The van der Waals surface area contributed by atoms with Crippen LogP contribution in [0.1, 0.15) is 28.8 Å². The van der Waals surface area contributed by atoms with Crippen LogP contribution in [0.2, 0.25) is 0 Å². The highest BCUT2D eigenvalue weighted by molar-refractivity contribution is 6.03. The van der Waals surface area contributed by atoms with E-state index in [2.05, 4.69) is 26.3 Å². The van der Waals surface area contributed by atoms with Crippen LogP contribution in [0.4, 0.5) is 17.2 Å². The van der Waals surface area contributed by atoms with Gasteiger partial charge in [0.1, 0.15) is 17.3 Å². The highest BCUT2D eigenvalue weighted by Crippen LogP contribution is 2.34. The first-order valence-electron chi connectivity index (χ1n) is 9.44. The van der Waals surface area contributed by atoms with E-state index in [1.165, 1.54) is 0 Å². The highest BCUT2D eigenvalue weighted by Gasteiger charge is 2.18. The molecule has 29 heavy (non-hydrogen) atoms. The maximum atomic E-state index is 12.8. The minimum absolute atomic E-state index is 0.188. The maximum absolute atomic E-state index is 12.8. The number of carbonyl (C=O) groups is 1. The second-order valence-electron chi connectivity index (χ2n) is 6.76. The molecule has 0 spiro atoms. The predicted octanol–water partition coefficient (Wildman–Crippen LogP) is 4.23. The normalized spacial score (nSPS) is 12.0. The lowest BCUT2D eigenvalue weighted by Crippen LogP contribution is -2.21. The Bertz CT molecular complexity index is 1070. The number of nitrogens with zero attached hydrogens (tertiary/aromatic N) is 3. The molecular formula is C22H22N4O3. The molecule has 1 aliphatic rings. The zero-order valence-corrected chi connectivity index (χ0v) is 16.6. The van der Waals surface area contributed by atoms with Crippen LogP contribution in [0.25, 0.3) is 0 Å². The third-order valence-electron chi connectivity index (χ3n) is 4.59. The first kappa shape index (κ1) is 18.7. The molecule has 0 bridgehead atoms. The van der Waals surface area contributed by atoms with Gasteiger partial charge in [0.15, 0.2) is 11.5 Å². The summed E-state index contributed by atoms with van der Waals surface area (Å²) in [6, 6.07) is 15.2. The maximum Gasteiger partial charge on any atom is 0.274 e. The summed E-state index contributed by atoms with van der Waals surface area (Å²) in [4.78, 5) is 23.8. The molecule has 2 heterocycles. The molecule has 0 saturated heterocycles. The zero-order chi connectivity index (χ0) is 20.4. The van der Waals surface area contributed by atoms with E-state index in [1.54, 1.807) is 31.2 Å². The molecular weight excluding hydrogens is 368 g/mol. The number of hydrogen-bond acceptors (Lipinski definition) is 6. The van der Waals surface area contributed by atoms with Crippen LogP contribution >= 0.6 is 0 Å². The van der Waals surface area contributed by atoms with Gasteiger partial charge < -0.3 is 19.7 Å². The van der Waals surface area contributed by atoms with Crippen molar-refractivity contribution in [2.24, 2.45) is 0 Å². The van der Waals surface area contributed by atoms with E-state index in [9.17, 15) is 4.79 Å². The van der Waals surface area contributed by atoms with Gasteiger partial charge in [0.25, 0.3) is 5.91 Å². The summed E-state index contributed by atoms with van der Waals surface area (Å²) in [6.07, 6.45) is 0. The number of anilines is 3. The standard InChI is InChI=1S/C22H22N4O3/c1-4-26(17-7-5-6-14(2)10-17)21-12-18(23-15(3)24-21)22(27)25-16-8-9-19-20(11-16)29-13-28-19/h5-12H,4,13H2,1-3H3,(H,25,27). The molecule has 4 rings (SSSR count). The van der Waals surface area contributed by atoms with Crippen molar-refractivity contribution < 1.29 is 14.3 Å². The summed E-state index contributed by atoms with van der Waals surface area (Å²) >= 11 is 0. The smallest absolute Gasteiger partial charge is 0.274 e. The molecule has 0 fully saturated rings. The molecule has 1 aliphatic heterocycles. The van der Waals surface area contributed by atoms with Crippen LogP contribution in [0.15, 0.2) is 48.5 Å². The van der Waals surface area contributed by atoms with Crippen molar-refractivity contribution >= 4 is 23.1 Å². The number of ether oxygens (including phenoxy) is 2. The molecule has 0 saturated carbocycles. The fraction of sp³-hybridized carbons (Fsp3) is 0.227. The van der Waals surface area contributed by atoms with E-state index in [-0.39, 0.29) is 12.7 Å². The minimum atomic E-state index is -0.309. The van der Waals surface area contributed by atoms with Crippen molar-refractivity contribution in [2.75, 3.05) is 23.6 Å². The number of carbonyl (C=O) groups excluding carboxylic acids is 1. The number of aromatic nitrogens is 2. The summed E-state index contributed by atoms with van der Waals surface area (Å²) in [5.41, 5.74) is 3.10. The molecule has 1 N–H and O–H groups in total. The SMILES string of the molecule is CCN(c1cccc(C)c1)c1cc(C(=O)Nc2ccc3c(c2)OCO3)nc(C)n1. The van der Waals surface area contributed by atoms with Gasteiger partial charge in [-0.1, -0.05) is 12.1 Å². The van der Waals surface area contributed by atoms with Crippen molar-refractivity contribution in [1.82, 2.24) is 9.97 Å². The second-order valence-corrected chi connectivity index (χ2v) is 6.76. The quantitative estimate of drug-likeness (QED) is 0.702. The molecule has 0 atom stereocenters. The van der Waals surface area contributed by atoms with E-state index in [0.717, 1.165) is 11.3 Å². The number of rotatable bonds is 5. The van der Waals surface area contributed by atoms with E-state index >= 15 is 0 Å². The Labute approximate surface area is 169 Å². The van der Waals surface area contributed by atoms with Gasteiger partial charge in [-0.05, 0) is 50.6 Å². The van der Waals surface area contributed by atoms with Crippen LogP contribution < -0.4 is 19.7 Å². The molecule has 7 nitrogen and oxygen atoms in total. The van der Waals surface area contributed by atoms with Crippen molar-refractivity contribution in [3.05, 3.63) is 65.6 Å². The van der Waals surface area contributed by atoms with Gasteiger partial charge in [0, 0.05) is 30.1 Å². The van der Waals surface area contributed by atoms with Gasteiger partial charge in [-0.15, -0.1) is 0 Å². The summed E-state index contributed by atoms with van der Waals surface area (Å²) < 4.78 is 10.7. The Kier molecular flexibility index (Phi) is 5.03. The van der Waals surface area contributed by atoms with Crippen molar-refractivity contribution in [2.45, 2.75) is 20.8 Å². The average Bonchev–Trinajstić information content (AvgIpc) is 3.16. The van der Waals surface area contributed by atoms with Gasteiger partial charge in [0.05, 0.1) is 0 Å². The lowest BCUT2D eigenvalue weighted by Gasteiger charge is -2.23. The van der Waals surface area contributed by atoms with Gasteiger partial charge in [-0.2, -0.15) is 0 Å². The monoisotopic (exact) mass is 390 g/mol. The topological polar surface area (TPSA) is 76.6 Å². The zero-order valence-electron chi connectivity index (χ0n) is 16.6. The van der Waals surface area contributed by atoms with Crippen molar-refractivity contribution in [3.63, 3.8) is 0 Å². The molecule has 148 valence electrons. The first-order valence-corrected chi connectivity index (χ1v) is 9.44. The Morgan fingerprint density at radius 2 is 1.90 bits per heavy atom. The van der Waals surface area contributed by atoms with E-state index < -0.39 is 0 Å². The van der Waals surface area contributed by atoms with E-state index in [1.807, 2.05) is 32.0 Å². The lowest BCUT2D eigenvalue weighted by atomic mass is 10.2. The van der Waals surface area contributed by atoms with Gasteiger partial charge in [-0.25, -0.2) is 9.97 Å². The van der Waals surface area contributed by atoms with Crippen molar-refractivity contribution in [3.8, 4) is 11.5 Å². The number of amides is 1. The fourth-order valence-electron chi connectivity index (χ4n) is 3.25. The number of benzene rings is 2. The van der Waals surface area contributed by atoms with E-state index in [4.69, 9.17) is 9.47 Å². The number of hydrogen-bond donors (Lipinski definition) is 1. The first-order chi connectivity index (χ1) is 14.0. The molecule has 1 amide bonds. The largest absolute Gasteiger partial charge is 0.454 e. The highest BCUT2D eigenvalue weighted by atomic mass is 16.7. The molecule has 7 heteroatoms. The summed E-state index contributed by atoms with van der Waals surface area (Å²) in [7, 11) is 0. The third-order valence-corrected chi connectivity index (χ3v) is 4.59. The van der Waals surface area contributed by atoms with Crippen LogP contribution in [-0.2, 0) is 0 Å². The summed E-state index contributed by atoms with van der Waals surface area (Å²) in [5.74, 6) is 2.18. The molecule has 3 aromatic rings. The van der Waals surface area contributed by atoms with Crippen LogP contribution in [0, 0.1) is 13.8 Å². The number of nitrogens with one attached hydrogen (secondary N) is 1. The summed E-state index contributed by atoms with van der Waals surface area (Å²) in [6.45, 7) is 6.78. The summed E-state index contributed by atoms with van der Waals surface area (Å²) in [5, 5.41) is 2.86.